The Kier molecular flexibility index (Phi) is 6.06. The lowest BCUT2D eigenvalue weighted by Crippen LogP contribution is -2.34. The number of hydrogen-bond donors (Lipinski definition) is 0. The first kappa shape index (κ1) is 15.2. The highest BCUT2D eigenvalue weighted by molar-refractivity contribution is 5.83. The molecule has 0 fully saturated rings. The zero-order chi connectivity index (χ0) is 14.3. The number of carbonyl (C=O) groups is 2. The highest BCUT2D eigenvalue weighted by Gasteiger charge is 2.37. The molecule has 0 aromatic rings. The molecule has 19 heavy (non-hydrogen) atoms. The molecule has 0 bridgehead atoms. The summed E-state index contributed by atoms with van der Waals surface area (Å²) in [4.78, 5) is 23.9. The van der Waals surface area contributed by atoms with Gasteiger partial charge in [-0.05, 0) is 19.8 Å². The van der Waals surface area contributed by atoms with Gasteiger partial charge in [-0.3, -0.25) is 9.59 Å². The van der Waals surface area contributed by atoms with Crippen molar-refractivity contribution in [3.05, 3.63) is 37.0 Å². The second-order valence-corrected chi connectivity index (χ2v) is 4.54. The van der Waals surface area contributed by atoms with E-state index in [1.807, 2.05) is 13.0 Å². The summed E-state index contributed by atoms with van der Waals surface area (Å²) in [7, 11) is 0. The van der Waals surface area contributed by atoms with Crippen LogP contribution in [0.3, 0.4) is 0 Å². The number of hydrogen-bond acceptors (Lipinski definition) is 4. The van der Waals surface area contributed by atoms with E-state index in [1.165, 1.54) is 12.2 Å². The van der Waals surface area contributed by atoms with Crippen molar-refractivity contribution in [3.63, 3.8) is 0 Å². The molecule has 1 rings (SSSR count). The Bertz CT molecular complexity index is 395. The molecule has 0 saturated heterocycles. The van der Waals surface area contributed by atoms with E-state index in [0.29, 0.717) is 12.8 Å². The molecular formula is C15H20O4. The number of allylic oxidation sites excluding steroid dienone is 2. The highest BCUT2D eigenvalue weighted by atomic mass is 16.5. The lowest BCUT2D eigenvalue weighted by molar-refractivity contribution is -0.159. The van der Waals surface area contributed by atoms with Crippen LogP contribution in [0.5, 0.6) is 0 Å². The van der Waals surface area contributed by atoms with Gasteiger partial charge in [-0.2, -0.15) is 0 Å². The first-order valence-electron chi connectivity index (χ1n) is 6.30. The maximum Gasteiger partial charge on any atom is 0.310 e. The minimum atomic E-state index is -0.471. The standard InChI is InChI=1S/C15H20O4/c1-4-8-18-14(16)12-7-6-11(3)10-13(12)15(17)19-9-5-2/h4-6,12-13H,1-2,7-10H2,3H3. The van der Waals surface area contributed by atoms with Gasteiger partial charge in [0, 0.05) is 0 Å². The van der Waals surface area contributed by atoms with Crippen LogP contribution in [0, 0.1) is 11.8 Å². The van der Waals surface area contributed by atoms with Gasteiger partial charge in [0.2, 0.25) is 0 Å². The Morgan fingerprint density at radius 1 is 1.21 bits per heavy atom. The molecular weight excluding hydrogens is 244 g/mol. The molecule has 0 aromatic carbocycles. The average Bonchev–Trinajstić information content (AvgIpc) is 2.41. The molecule has 0 radical (unpaired) electrons. The SMILES string of the molecule is C=CCOC(=O)C1CC=C(C)CC1C(=O)OCC=C. The molecule has 2 unspecified atom stereocenters. The van der Waals surface area contributed by atoms with Crippen LogP contribution < -0.4 is 0 Å². The van der Waals surface area contributed by atoms with E-state index in [9.17, 15) is 9.59 Å². The van der Waals surface area contributed by atoms with Crippen molar-refractivity contribution in [2.24, 2.45) is 11.8 Å². The fourth-order valence-electron chi connectivity index (χ4n) is 2.07. The third-order valence-corrected chi connectivity index (χ3v) is 3.04. The first-order valence-corrected chi connectivity index (χ1v) is 6.30. The topological polar surface area (TPSA) is 52.6 Å². The molecule has 4 heteroatoms. The largest absolute Gasteiger partial charge is 0.461 e. The van der Waals surface area contributed by atoms with Gasteiger partial charge in [0.15, 0.2) is 0 Å². The van der Waals surface area contributed by atoms with Crippen LogP contribution in [-0.2, 0) is 19.1 Å². The minimum Gasteiger partial charge on any atom is -0.461 e. The highest BCUT2D eigenvalue weighted by Crippen LogP contribution is 2.31. The van der Waals surface area contributed by atoms with Crippen molar-refractivity contribution in [1.82, 2.24) is 0 Å². The fraction of sp³-hybridized carbons (Fsp3) is 0.467. The number of carbonyl (C=O) groups excluding carboxylic acids is 2. The van der Waals surface area contributed by atoms with Crippen LogP contribution in [0.15, 0.2) is 37.0 Å². The van der Waals surface area contributed by atoms with Gasteiger partial charge < -0.3 is 9.47 Å². The maximum atomic E-state index is 12.0. The van der Waals surface area contributed by atoms with Crippen LogP contribution in [0.25, 0.3) is 0 Å². The lowest BCUT2D eigenvalue weighted by atomic mass is 9.80. The maximum absolute atomic E-state index is 12.0. The summed E-state index contributed by atoms with van der Waals surface area (Å²) in [6.07, 6.45) is 6.03. The third-order valence-electron chi connectivity index (χ3n) is 3.04. The predicted octanol–water partition coefficient (Wildman–Crippen LogP) is 2.42. The van der Waals surface area contributed by atoms with E-state index in [2.05, 4.69) is 13.2 Å². The van der Waals surface area contributed by atoms with Crippen molar-refractivity contribution in [3.8, 4) is 0 Å². The Labute approximate surface area is 113 Å². The lowest BCUT2D eigenvalue weighted by Gasteiger charge is -2.27. The monoisotopic (exact) mass is 264 g/mol. The van der Waals surface area contributed by atoms with Gasteiger partial charge in [-0.25, -0.2) is 0 Å². The van der Waals surface area contributed by atoms with Crippen molar-refractivity contribution in [1.29, 1.82) is 0 Å². The molecule has 1 aliphatic rings. The molecule has 0 amide bonds. The van der Waals surface area contributed by atoms with Gasteiger partial charge in [-0.1, -0.05) is 37.0 Å². The van der Waals surface area contributed by atoms with E-state index in [1.54, 1.807) is 0 Å². The van der Waals surface area contributed by atoms with Crippen LogP contribution in [-0.4, -0.2) is 25.2 Å². The van der Waals surface area contributed by atoms with Crippen molar-refractivity contribution in [2.45, 2.75) is 19.8 Å². The quantitative estimate of drug-likeness (QED) is 0.546. The molecule has 0 spiro atoms. The molecule has 2 atom stereocenters. The van der Waals surface area contributed by atoms with Crippen LogP contribution in [0.1, 0.15) is 19.8 Å². The summed E-state index contributed by atoms with van der Waals surface area (Å²) < 4.78 is 10.1. The average molecular weight is 264 g/mol. The number of ether oxygens (including phenoxy) is 2. The van der Waals surface area contributed by atoms with Gasteiger partial charge in [0.25, 0.3) is 0 Å². The second kappa shape index (κ2) is 7.56. The predicted molar refractivity (Wildman–Crippen MR) is 72.3 cm³/mol. The van der Waals surface area contributed by atoms with Crippen LogP contribution in [0.4, 0.5) is 0 Å². The van der Waals surface area contributed by atoms with E-state index in [0.717, 1.165) is 5.57 Å². The normalized spacial score (nSPS) is 22.1. The summed E-state index contributed by atoms with van der Waals surface area (Å²) in [5.41, 5.74) is 1.09. The molecule has 0 saturated carbocycles. The van der Waals surface area contributed by atoms with Crippen LogP contribution >= 0.6 is 0 Å². The van der Waals surface area contributed by atoms with E-state index < -0.39 is 11.8 Å². The van der Waals surface area contributed by atoms with Crippen molar-refractivity contribution >= 4 is 11.9 Å². The summed E-state index contributed by atoms with van der Waals surface area (Å²) >= 11 is 0. The van der Waals surface area contributed by atoms with Crippen LogP contribution in [0.2, 0.25) is 0 Å². The van der Waals surface area contributed by atoms with Gasteiger partial charge >= 0.3 is 11.9 Å². The van der Waals surface area contributed by atoms with E-state index >= 15 is 0 Å². The molecule has 1 aliphatic carbocycles. The summed E-state index contributed by atoms with van der Waals surface area (Å²) in [6, 6.07) is 0. The fourth-order valence-corrected chi connectivity index (χ4v) is 2.07. The Hall–Kier alpha value is -1.84. The first-order chi connectivity index (χ1) is 9.10. The Balaban J connectivity index is 2.74. The molecule has 0 aliphatic heterocycles. The third kappa shape index (κ3) is 4.39. The van der Waals surface area contributed by atoms with Crippen molar-refractivity contribution in [2.75, 3.05) is 13.2 Å². The molecule has 4 nitrogen and oxygen atoms in total. The second-order valence-electron chi connectivity index (χ2n) is 4.54. The number of esters is 2. The summed E-state index contributed by atoms with van der Waals surface area (Å²) in [5, 5.41) is 0. The van der Waals surface area contributed by atoms with Gasteiger partial charge in [0.05, 0.1) is 11.8 Å². The summed E-state index contributed by atoms with van der Waals surface area (Å²) in [6.45, 7) is 9.25. The summed E-state index contributed by atoms with van der Waals surface area (Å²) in [5.74, 6) is -1.68. The van der Waals surface area contributed by atoms with E-state index in [-0.39, 0.29) is 25.2 Å². The smallest absolute Gasteiger partial charge is 0.310 e. The minimum absolute atomic E-state index is 0.159. The van der Waals surface area contributed by atoms with Crippen molar-refractivity contribution < 1.29 is 19.1 Å². The Morgan fingerprint density at radius 3 is 2.26 bits per heavy atom. The van der Waals surface area contributed by atoms with Gasteiger partial charge in [0.1, 0.15) is 13.2 Å². The zero-order valence-corrected chi connectivity index (χ0v) is 11.3. The Morgan fingerprint density at radius 2 is 1.74 bits per heavy atom. The molecule has 104 valence electrons. The van der Waals surface area contributed by atoms with Gasteiger partial charge in [-0.15, -0.1) is 0 Å². The van der Waals surface area contributed by atoms with E-state index in [4.69, 9.17) is 9.47 Å². The number of rotatable bonds is 6. The molecule has 0 N–H and O–H groups in total. The molecule has 0 heterocycles. The molecule has 0 aromatic heterocycles. The zero-order valence-electron chi connectivity index (χ0n) is 11.3.